The van der Waals surface area contributed by atoms with E-state index in [0.717, 1.165) is 61.4 Å². The molecule has 0 spiro atoms. The average Bonchev–Trinajstić information content (AvgIpc) is 3.73. The topological polar surface area (TPSA) is 97.8 Å². The number of halogens is 1. The Morgan fingerprint density at radius 3 is 2.48 bits per heavy atom. The minimum Gasteiger partial charge on any atom is -0.454 e. The number of alkyl halides is 4. The molecule has 0 aliphatic carbocycles. The van der Waals surface area contributed by atoms with Crippen LogP contribution in [0.2, 0.25) is 0 Å². The van der Waals surface area contributed by atoms with Crippen molar-refractivity contribution in [2.75, 3.05) is 59.0 Å². The number of carboxylic acid groups (broad SMARTS) is 1. The van der Waals surface area contributed by atoms with Crippen LogP contribution in [0.15, 0.2) is 36.4 Å². The van der Waals surface area contributed by atoms with Crippen molar-refractivity contribution in [3.8, 4) is 23.0 Å². The molecule has 3 aliphatic heterocycles. The number of ether oxygens (including phenoxy) is 4. The predicted molar refractivity (Wildman–Crippen MR) is 166 cm³/mol. The van der Waals surface area contributed by atoms with Crippen molar-refractivity contribution >= 4 is 11.9 Å². The van der Waals surface area contributed by atoms with Gasteiger partial charge >= 0.3 is 187 Å². The zero-order chi connectivity index (χ0) is 31.3. The second kappa shape index (κ2) is 14.6. The molecule has 244 valence electrons. The van der Waals surface area contributed by atoms with Gasteiger partial charge in [-0.05, 0) is 12.1 Å². The molecule has 3 aliphatic rings. The number of carbonyl (C=O) groups excluding carboxylic acids is 1. The Morgan fingerprint density at radius 1 is 0.955 bits per heavy atom. The smallest absolute Gasteiger partial charge is 0.454 e. The van der Waals surface area contributed by atoms with Gasteiger partial charge in [0.05, 0.1) is 0 Å². The molecule has 0 saturated carbocycles. The van der Waals surface area contributed by atoms with Crippen molar-refractivity contribution in [1.29, 1.82) is 0 Å². The van der Waals surface area contributed by atoms with Crippen molar-refractivity contribution < 1.29 is 52.1 Å². The third-order valence-corrected chi connectivity index (χ3v) is 12.9. The summed E-state index contributed by atoms with van der Waals surface area (Å²) >= 11 is -1.54. The zero-order valence-corrected chi connectivity index (χ0v) is 28.7. The minimum absolute atomic E-state index is 0.0906. The van der Waals surface area contributed by atoms with Crippen LogP contribution >= 0.6 is 0 Å². The average molecular weight is 724 g/mol. The number of carboxylic acids is 1. The second-order valence-corrected chi connectivity index (χ2v) is 25.0. The Labute approximate surface area is 265 Å². The van der Waals surface area contributed by atoms with E-state index in [1.807, 2.05) is 41.3 Å². The monoisotopic (exact) mass is 723 g/mol. The number of fused-ring (bicyclic) bond motifs is 2. The van der Waals surface area contributed by atoms with Crippen LogP contribution in [0.3, 0.4) is 0 Å². The number of para-hydroxylation sites is 1. The Morgan fingerprint density at radius 2 is 1.70 bits per heavy atom. The van der Waals surface area contributed by atoms with Gasteiger partial charge in [-0.2, -0.15) is 0 Å². The fourth-order valence-electron chi connectivity index (χ4n) is 6.61. The van der Waals surface area contributed by atoms with Crippen LogP contribution in [0.25, 0.3) is 0 Å². The van der Waals surface area contributed by atoms with E-state index in [0.29, 0.717) is 30.9 Å². The molecule has 5 rings (SSSR count). The summed E-state index contributed by atoms with van der Waals surface area (Å²) in [5.74, 6) is 1.03. The zero-order valence-electron chi connectivity index (χ0n) is 26.6. The van der Waals surface area contributed by atoms with E-state index in [-0.39, 0.29) is 38.0 Å². The van der Waals surface area contributed by atoms with Crippen LogP contribution in [0.5, 0.6) is 23.0 Å². The van der Waals surface area contributed by atoms with Gasteiger partial charge in [0.25, 0.3) is 0 Å². The molecular weight excluding hydrogens is 675 g/mol. The van der Waals surface area contributed by atoms with Crippen LogP contribution in [0, 0.1) is 5.92 Å². The number of nitrogens with zero attached hydrogens (tertiary/aromatic N) is 2. The van der Waals surface area contributed by atoms with Crippen LogP contribution in [-0.4, -0.2) is 91.8 Å². The number of amides is 1. The molecule has 10 heteroatoms. The second-order valence-electron chi connectivity index (χ2n) is 12.8. The third kappa shape index (κ3) is 7.91. The molecule has 1 fully saturated rings. The number of unbranched alkanes of at least 4 members (excludes halogenated alkanes) is 2. The first-order valence-electron chi connectivity index (χ1n) is 15.7. The van der Waals surface area contributed by atoms with E-state index in [2.05, 4.69) is 26.6 Å². The van der Waals surface area contributed by atoms with Crippen molar-refractivity contribution in [1.82, 2.24) is 9.80 Å². The van der Waals surface area contributed by atoms with E-state index in [1.54, 1.807) is 0 Å². The molecule has 1 amide bonds. The number of rotatable bonds is 15. The number of aliphatic carboxylic acids is 1. The molecule has 44 heavy (non-hydrogen) atoms. The molecule has 0 aromatic heterocycles. The molecule has 9 nitrogen and oxygen atoms in total. The van der Waals surface area contributed by atoms with Crippen LogP contribution in [-0.2, 0) is 16.0 Å². The van der Waals surface area contributed by atoms with Gasteiger partial charge in [-0.25, -0.2) is 0 Å². The summed E-state index contributed by atoms with van der Waals surface area (Å²) in [4.78, 5) is 38.3. The Hall–Kier alpha value is -2.73. The summed E-state index contributed by atoms with van der Waals surface area (Å²) in [5.41, 5.74) is 1.89. The first-order valence-corrected chi connectivity index (χ1v) is 23.7. The number of hydrogen-bond acceptors (Lipinski definition) is 7. The molecule has 0 unspecified atom stereocenters. The van der Waals surface area contributed by atoms with Gasteiger partial charge in [0, 0.05) is 0 Å². The normalized spacial score (nSPS) is 21.0. The quantitative estimate of drug-likeness (QED) is 0.169. The standard InChI is InChI=1S/C34H48IN2O7/c1-5-6-17-36(18-8-7-16-35(2,3)4)31(38)21-37-20-26(25-13-15-28-30(19-25)43-22-41-28)32(34(39)40)27(37)14-12-24-10-9-11-29-33(24)44-23-42-29/h9-11,13,15,19,26-27,32H,5-8,12,14,16-18,20-23H2,1-4H3,(H,39,40)/q-1/t26-,27+,32-/m1/s1. The maximum absolute atomic E-state index is 13.9. The molecule has 3 atom stereocenters. The number of carbonyl (C=O) groups is 2. The number of aryl methyl sites for hydroxylation is 1. The molecule has 3 heterocycles. The Kier molecular flexibility index (Phi) is 10.8. The van der Waals surface area contributed by atoms with E-state index >= 15 is 0 Å². The summed E-state index contributed by atoms with van der Waals surface area (Å²) in [6.45, 7) is 4.69. The summed E-state index contributed by atoms with van der Waals surface area (Å²) in [6, 6.07) is 11.2. The summed E-state index contributed by atoms with van der Waals surface area (Å²) < 4.78 is 23.8. The summed E-state index contributed by atoms with van der Waals surface area (Å²) in [5, 5.41) is 10.6. The van der Waals surface area contributed by atoms with Crippen molar-refractivity contribution in [3.05, 3.63) is 47.5 Å². The molecule has 0 radical (unpaired) electrons. The van der Waals surface area contributed by atoms with E-state index in [1.165, 1.54) is 4.43 Å². The van der Waals surface area contributed by atoms with Crippen LogP contribution in [0.4, 0.5) is 0 Å². The van der Waals surface area contributed by atoms with Gasteiger partial charge in [0.15, 0.2) is 23.0 Å². The Bertz CT molecular complexity index is 1310. The molecule has 2 aromatic carbocycles. The number of hydrogen-bond donors (Lipinski definition) is 1. The summed E-state index contributed by atoms with van der Waals surface area (Å²) in [6.07, 6.45) is 5.35. The fraction of sp³-hybridized carbons (Fsp3) is 0.588. The minimum atomic E-state index is -1.54. The maximum atomic E-state index is 13.9. The summed E-state index contributed by atoms with van der Waals surface area (Å²) in [7, 11) is 0. The Balaban J connectivity index is 1.37. The van der Waals surface area contributed by atoms with Gasteiger partial charge in [0.2, 0.25) is 13.6 Å². The SMILES string of the molecule is CCCCN(CCCC[I-](C)(C)C)C(=O)CN1C[C@H](c2ccc3c(c2)OCO3)[C@@H](C(=O)O)[C@@H]1CCc1cccc2c1OCO2. The van der Waals surface area contributed by atoms with Gasteiger partial charge in [-0.3, -0.25) is 0 Å². The first-order chi connectivity index (χ1) is 21.1. The number of likely N-dealkylation sites (tertiary alicyclic amines) is 1. The molecule has 2 aromatic rings. The predicted octanol–water partition coefficient (Wildman–Crippen LogP) is 1.70. The van der Waals surface area contributed by atoms with Crippen LogP contribution < -0.4 is 37.4 Å². The molecule has 1 N–H and O–H groups in total. The third-order valence-electron chi connectivity index (χ3n) is 8.90. The van der Waals surface area contributed by atoms with Crippen molar-refractivity contribution in [3.63, 3.8) is 0 Å². The van der Waals surface area contributed by atoms with Crippen LogP contribution in [0.1, 0.15) is 56.1 Å². The molecule has 0 bridgehead atoms. The molecule has 1 saturated heterocycles. The number of benzene rings is 2. The van der Waals surface area contributed by atoms with Gasteiger partial charge in [-0.1, -0.05) is 12.1 Å². The first kappa shape index (κ1) is 32.7. The van der Waals surface area contributed by atoms with E-state index < -0.39 is 30.3 Å². The van der Waals surface area contributed by atoms with Gasteiger partial charge in [-0.15, -0.1) is 0 Å². The van der Waals surface area contributed by atoms with E-state index in [4.69, 9.17) is 18.9 Å². The van der Waals surface area contributed by atoms with Crippen molar-refractivity contribution in [2.45, 2.75) is 57.4 Å². The van der Waals surface area contributed by atoms with Gasteiger partial charge < -0.3 is 18.9 Å². The van der Waals surface area contributed by atoms with Crippen molar-refractivity contribution in [2.24, 2.45) is 5.92 Å². The van der Waals surface area contributed by atoms with Gasteiger partial charge in [0.1, 0.15) is 0 Å². The fourth-order valence-corrected chi connectivity index (χ4v) is 9.43. The molecular formula is C34H48IN2O7-. The van der Waals surface area contributed by atoms with E-state index in [9.17, 15) is 14.7 Å².